The van der Waals surface area contributed by atoms with Crippen LogP contribution in [-0.4, -0.2) is 12.4 Å². The van der Waals surface area contributed by atoms with Gasteiger partial charge in [0.25, 0.3) is 10.0 Å². The van der Waals surface area contributed by atoms with Gasteiger partial charge in [0.2, 0.25) is 0 Å². The van der Waals surface area contributed by atoms with Crippen LogP contribution in [0.3, 0.4) is 0 Å². The van der Waals surface area contributed by atoms with Gasteiger partial charge in [0.05, 0.1) is 5.56 Å². The van der Waals surface area contributed by atoms with E-state index in [4.69, 9.17) is 16.9 Å². The van der Waals surface area contributed by atoms with Crippen LogP contribution in [0.15, 0.2) is 41.4 Å². The highest BCUT2D eigenvalue weighted by Gasteiger charge is 2.22. The second-order valence-corrected chi connectivity index (χ2v) is 5.92. The van der Waals surface area contributed by atoms with Crippen LogP contribution < -0.4 is 0 Å². The van der Waals surface area contributed by atoms with Crippen LogP contribution in [0.2, 0.25) is 5.02 Å². The van der Waals surface area contributed by atoms with Crippen molar-refractivity contribution in [1.29, 1.82) is 5.26 Å². The average molecular weight is 281 g/mol. The van der Waals surface area contributed by atoms with Crippen LogP contribution in [0.4, 0.5) is 0 Å². The number of halogens is 1. The fraction of sp³-hybridized carbons (Fsp3) is 0.0833. The molecule has 0 saturated carbocycles. The molecule has 2 rings (SSSR count). The van der Waals surface area contributed by atoms with E-state index in [9.17, 15) is 8.42 Å². The van der Waals surface area contributed by atoms with Gasteiger partial charge in [-0.2, -0.15) is 5.26 Å². The molecule has 1 aromatic heterocycles. The van der Waals surface area contributed by atoms with Gasteiger partial charge in [0, 0.05) is 16.9 Å². The van der Waals surface area contributed by atoms with Crippen molar-refractivity contribution in [3.05, 3.63) is 52.8 Å². The summed E-state index contributed by atoms with van der Waals surface area (Å²) >= 11 is 5.80. The summed E-state index contributed by atoms with van der Waals surface area (Å²) in [5.41, 5.74) is 0.645. The molecule has 0 aliphatic carbocycles. The normalized spacial score (nSPS) is 11.2. The number of aromatic nitrogens is 1. The van der Waals surface area contributed by atoms with E-state index in [-0.39, 0.29) is 15.5 Å². The molecule has 0 atom stereocenters. The summed E-state index contributed by atoms with van der Waals surface area (Å²) in [6.07, 6.45) is 1.44. The van der Waals surface area contributed by atoms with Crippen LogP contribution in [0.5, 0.6) is 0 Å². The van der Waals surface area contributed by atoms with Gasteiger partial charge >= 0.3 is 0 Å². The molecule has 0 spiro atoms. The van der Waals surface area contributed by atoms with Crippen LogP contribution in [0.25, 0.3) is 0 Å². The van der Waals surface area contributed by atoms with Gasteiger partial charge in [-0.05, 0) is 37.3 Å². The molecule has 1 heterocycles. The molecule has 1 aromatic carbocycles. The lowest BCUT2D eigenvalue weighted by molar-refractivity contribution is 0.586. The highest BCUT2D eigenvalue weighted by molar-refractivity contribution is 7.90. The van der Waals surface area contributed by atoms with Crippen molar-refractivity contribution in [1.82, 2.24) is 3.97 Å². The molecule has 0 aliphatic heterocycles. The predicted octanol–water partition coefficient (Wildman–Crippen LogP) is 2.56. The largest absolute Gasteiger partial charge is 0.269 e. The Hall–Kier alpha value is -1.77. The number of aryl methyl sites for hydroxylation is 1. The summed E-state index contributed by atoms with van der Waals surface area (Å²) in [5, 5.41) is 9.25. The van der Waals surface area contributed by atoms with Gasteiger partial charge in [-0.1, -0.05) is 11.6 Å². The Labute approximate surface area is 110 Å². The molecule has 0 radical (unpaired) electrons. The molecule has 0 unspecified atom stereocenters. The minimum atomic E-state index is -3.78. The first-order valence-electron chi connectivity index (χ1n) is 5.06. The number of hydrogen-bond acceptors (Lipinski definition) is 3. The fourth-order valence-corrected chi connectivity index (χ4v) is 3.42. The van der Waals surface area contributed by atoms with Gasteiger partial charge in [-0.25, -0.2) is 12.4 Å². The summed E-state index contributed by atoms with van der Waals surface area (Å²) in [6, 6.07) is 9.33. The van der Waals surface area contributed by atoms with Crippen molar-refractivity contribution < 1.29 is 8.42 Å². The third kappa shape index (κ3) is 2.01. The topological polar surface area (TPSA) is 62.9 Å². The summed E-state index contributed by atoms with van der Waals surface area (Å²) in [4.78, 5) is -0.0863. The van der Waals surface area contributed by atoms with Crippen LogP contribution in [-0.2, 0) is 10.0 Å². The molecular formula is C12H9ClN2O2S. The Bertz CT molecular complexity index is 742. The minimum absolute atomic E-state index is 0.0764. The lowest BCUT2D eigenvalue weighted by Crippen LogP contribution is -2.14. The van der Waals surface area contributed by atoms with Gasteiger partial charge in [-0.3, -0.25) is 0 Å². The molecule has 0 amide bonds. The van der Waals surface area contributed by atoms with Gasteiger partial charge in [-0.15, -0.1) is 0 Å². The SMILES string of the molecule is Cc1cccn1S(=O)(=O)c1cc(Cl)ccc1C#N. The number of nitrogens with zero attached hydrogens (tertiary/aromatic N) is 2. The third-order valence-electron chi connectivity index (χ3n) is 2.51. The summed E-state index contributed by atoms with van der Waals surface area (Å²) < 4.78 is 25.9. The molecule has 0 saturated heterocycles. The van der Waals surface area contributed by atoms with Crippen molar-refractivity contribution in [2.24, 2.45) is 0 Å². The van der Waals surface area contributed by atoms with Gasteiger partial charge < -0.3 is 0 Å². The smallest absolute Gasteiger partial charge is 0.246 e. The van der Waals surface area contributed by atoms with Gasteiger partial charge in [0.15, 0.2) is 0 Å². The maximum Gasteiger partial charge on any atom is 0.269 e. The molecule has 0 bridgehead atoms. The summed E-state index contributed by atoms with van der Waals surface area (Å²) in [6.45, 7) is 1.67. The minimum Gasteiger partial charge on any atom is -0.246 e. The standard InChI is InChI=1S/C12H9ClN2O2S/c1-9-3-2-6-15(9)18(16,17)12-7-11(13)5-4-10(12)8-14/h2-7H,1H3. The highest BCUT2D eigenvalue weighted by atomic mass is 35.5. The average Bonchev–Trinajstić information content (AvgIpc) is 2.76. The van der Waals surface area contributed by atoms with Crippen molar-refractivity contribution in [3.8, 4) is 6.07 Å². The zero-order valence-corrected chi connectivity index (χ0v) is 11.0. The first kappa shape index (κ1) is 12.7. The number of rotatable bonds is 2. The van der Waals surface area contributed by atoms with E-state index in [2.05, 4.69) is 0 Å². The lowest BCUT2D eigenvalue weighted by Gasteiger charge is -2.09. The lowest BCUT2D eigenvalue weighted by atomic mass is 10.2. The van der Waals surface area contributed by atoms with Crippen molar-refractivity contribution in [3.63, 3.8) is 0 Å². The quantitative estimate of drug-likeness (QED) is 0.849. The van der Waals surface area contributed by atoms with E-state index in [0.29, 0.717) is 5.69 Å². The second kappa shape index (κ2) is 4.48. The van der Waals surface area contributed by atoms with Crippen molar-refractivity contribution in [2.75, 3.05) is 0 Å². The number of benzene rings is 1. The zero-order valence-electron chi connectivity index (χ0n) is 9.46. The maximum absolute atomic E-state index is 12.4. The predicted molar refractivity (Wildman–Crippen MR) is 67.9 cm³/mol. The zero-order chi connectivity index (χ0) is 13.3. The Morgan fingerprint density at radius 1 is 1.33 bits per heavy atom. The second-order valence-electron chi connectivity index (χ2n) is 3.70. The Morgan fingerprint density at radius 2 is 2.06 bits per heavy atom. The first-order valence-corrected chi connectivity index (χ1v) is 6.88. The molecule has 0 N–H and O–H groups in total. The van der Waals surface area contributed by atoms with Gasteiger partial charge in [0.1, 0.15) is 11.0 Å². The van der Waals surface area contributed by atoms with Crippen LogP contribution in [0.1, 0.15) is 11.3 Å². The Balaban J connectivity index is 2.73. The highest BCUT2D eigenvalue weighted by Crippen LogP contribution is 2.23. The molecule has 18 heavy (non-hydrogen) atoms. The van der Waals surface area contributed by atoms with Crippen LogP contribution >= 0.6 is 11.6 Å². The monoisotopic (exact) mass is 280 g/mol. The van der Waals surface area contributed by atoms with E-state index in [1.807, 2.05) is 6.07 Å². The van der Waals surface area contributed by atoms with Crippen LogP contribution in [0, 0.1) is 18.3 Å². The molecule has 0 aliphatic rings. The molecular weight excluding hydrogens is 272 g/mol. The van der Waals surface area contributed by atoms with Crippen molar-refractivity contribution >= 4 is 21.6 Å². The number of nitriles is 1. The van der Waals surface area contributed by atoms with E-state index < -0.39 is 10.0 Å². The fourth-order valence-electron chi connectivity index (χ4n) is 1.63. The number of hydrogen-bond donors (Lipinski definition) is 0. The maximum atomic E-state index is 12.4. The summed E-state index contributed by atoms with van der Waals surface area (Å²) in [7, 11) is -3.78. The molecule has 6 heteroatoms. The Morgan fingerprint density at radius 3 is 2.61 bits per heavy atom. The molecule has 0 fully saturated rings. The van der Waals surface area contributed by atoms with E-state index in [0.717, 1.165) is 3.97 Å². The van der Waals surface area contributed by atoms with E-state index >= 15 is 0 Å². The third-order valence-corrected chi connectivity index (χ3v) is 4.56. The first-order chi connectivity index (χ1) is 8.46. The molecule has 4 nitrogen and oxygen atoms in total. The summed E-state index contributed by atoms with van der Waals surface area (Å²) in [5.74, 6) is 0. The Kier molecular flexibility index (Phi) is 3.16. The molecule has 92 valence electrons. The molecule has 2 aromatic rings. The van der Waals surface area contributed by atoms with Crippen molar-refractivity contribution in [2.45, 2.75) is 11.8 Å². The van der Waals surface area contributed by atoms with E-state index in [1.54, 1.807) is 19.1 Å². The van der Waals surface area contributed by atoms with E-state index in [1.165, 1.54) is 24.4 Å².